The van der Waals surface area contributed by atoms with Crippen molar-refractivity contribution in [2.24, 2.45) is 0 Å². The fourth-order valence-electron chi connectivity index (χ4n) is 0.838. The summed E-state index contributed by atoms with van der Waals surface area (Å²) in [7, 11) is 0. The normalized spacial score (nSPS) is 10.9. The standard InChI is InChI=1S/C9H21N.ClH/c1-5-6-7-8-10-9(2,3)4;/h10H,5-8H2,1-4H3;1H. The zero-order valence-electron chi connectivity index (χ0n) is 8.24. The van der Waals surface area contributed by atoms with E-state index in [9.17, 15) is 0 Å². The lowest BCUT2D eigenvalue weighted by molar-refractivity contribution is 0.418. The van der Waals surface area contributed by atoms with Crippen LogP contribution >= 0.6 is 12.4 Å². The van der Waals surface area contributed by atoms with Gasteiger partial charge < -0.3 is 5.32 Å². The molecular formula is C9H22ClN. The third-order valence-electron chi connectivity index (χ3n) is 1.44. The van der Waals surface area contributed by atoms with Crippen LogP contribution in [0.3, 0.4) is 0 Å². The number of halogens is 1. The molecule has 1 nitrogen and oxygen atoms in total. The number of rotatable bonds is 4. The minimum atomic E-state index is 0. The highest BCUT2D eigenvalue weighted by molar-refractivity contribution is 5.85. The van der Waals surface area contributed by atoms with Gasteiger partial charge in [-0.1, -0.05) is 19.8 Å². The van der Waals surface area contributed by atoms with Gasteiger partial charge in [0.15, 0.2) is 0 Å². The second-order valence-corrected chi connectivity index (χ2v) is 3.88. The van der Waals surface area contributed by atoms with Gasteiger partial charge in [0.05, 0.1) is 0 Å². The van der Waals surface area contributed by atoms with Crippen molar-refractivity contribution in [2.45, 2.75) is 52.5 Å². The van der Waals surface area contributed by atoms with Gasteiger partial charge in [-0.25, -0.2) is 0 Å². The summed E-state index contributed by atoms with van der Waals surface area (Å²) in [6.07, 6.45) is 3.97. The molecule has 11 heavy (non-hydrogen) atoms. The first-order chi connectivity index (χ1) is 4.56. The lowest BCUT2D eigenvalue weighted by atomic mass is 10.1. The number of hydrogen-bond donors (Lipinski definition) is 1. The van der Waals surface area contributed by atoms with Crippen molar-refractivity contribution in [3.8, 4) is 0 Å². The van der Waals surface area contributed by atoms with Gasteiger partial charge in [0.2, 0.25) is 0 Å². The molecule has 2 heteroatoms. The third kappa shape index (κ3) is 13.3. The SMILES string of the molecule is CCCCCNC(C)(C)C.Cl. The molecule has 0 aliphatic rings. The average Bonchev–Trinajstić information content (AvgIpc) is 1.78. The fraction of sp³-hybridized carbons (Fsp3) is 1.00. The van der Waals surface area contributed by atoms with Crippen molar-refractivity contribution in [1.82, 2.24) is 5.32 Å². The highest BCUT2D eigenvalue weighted by Crippen LogP contribution is 1.99. The zero-order chi connectivity index (χ0) is 8.04. The summed E-state index contributed by atoms with van der Waals surface area (Å²) >= 11 is 0. The molecular weight excluding hydrogens is 158 g/mol. The zero-order valence-corrected chi connectivity index (χ0v) is 9.05. The molecule has 0 unspecified atom stereocenters. The van der Waals surface area contributed by atoms with Crippen LogP contribution < -0.4 is 5.32 Å². The Morgan fingerprint density at radius 1 is 1.09 bits per heavy atom. The molecule has 1 N–H and O–H groups in total. The van der Waals surface area contributed by atoms with E-state index < -0.39 is 0 Å². The summed E-state index contributed by atoms with van der Waals surface area (Å²) in [5.41, 5.74) is 0.299. The van der Waals surface area contributed by atoms with E-state index in [1.165, 1.54) is 19.3 Å². The number of hydrogen-bond acceptors (Lipinski definition) is 1. The van der Waals surface area contributed by atoms with Crippen molar-refractivity contribution >= 4 is 12.4 Å². The van der Waals surface area contributed by atoms with Gasteiger partial charge in [-0.05, 0) is 33.7 Å². The van der Waals surface area contributed by atoms with E-state index in [2.05, 4.69) is 33.0 Å². The van der Waals surface area contributed by atoms with Crippen LogP contribution in [0.1, 0.15) is 47.0 Å². The molecule has 0 aliphatic heterocycles. The van der Waals surface area contributed by atoms with Gasteiger partial charge in [-0.15, -0.1) is 12.4 Å². The molecule has 0 saturated carbocycles. The Bertz CT molecular complexity index is 76.1. The quantitative estimate of drug-likeness (QED) is 0.655. The molecule has 0 amide bonds. The summed E-state index contributed by atoms with van der Waals surface area (Å²) in [5.74, 6) is 0. The minimum Gasteiger partial charge on any atom is -0.312 e. The van der Waals surface area contributed by atoms with Crippen molar-refractivity contribution in [3.05, 3.63) is 0 Å². The molecule has 0 spiro atoms. The summed E-state index contributed by atoms with van der Waals surface area (Å²) in [4.78, 5) is 0. The lowest BCUT2D eigenvalue weighted by Gasteiger charge is -2.20. The maximum atomic E-state index is 3.46. The van der Waals surface area contributed by atoms with Gasteiger partial charge in [-0.3, -0.25) is 0 Å². The predicted molar refractivity (Wildman–Crippen MR) is 54.5 cm³/mol. The number of nitrogens with one attached hydrogen (secondary N) is 1. The monoisotopic (exact) mass is 179 g/mol. The van der Waals surface area contributed by atoms with Gasteiger partial charge in [0.25, 0.3) is 0 Å². The van der Waals surface area contributed by atoms with Crippen LogP contribution in [0.2, 0.25) is 0 Å². The van der Waals surface area contributed by atoms with Crippen molar-refractivity contribution < 1.29 is 0 Å². The van der Waals surface area contributed by atoms with Gasteiger partial charge in [0.1, 0.15) is 0 Å². The summed E-state index contributed by atoms with van der Waals surface area (Å²) in [6.45, 7) is 10.0. The van der Waals surface area contributed by atoms with Gasteiger partial charge in [-0.2, -0.15) is 0 Å². The third-order valence-corrected chi connectivity index (χ3v) is 1.44. The van der Waals surface area contributed by atoms with Crippen LogP contribution in [0.5, 0.6) is 0 Å². The Kier molecular flexibility index (Phi) is 8.70. The minimum absolute atomic E-state index is 0. The van der Waals surface area contributed by atoms with Crippen molar-refractivity contribution in [1.29, 1.82) is 0 Å². The Morgan fingerprint density at radius 3 is 2.00 bits per heavy atom. The Morgan fingerprint density at radius 2 is 1.64 bits per heavy atom. The highest BCUT2D eigenvalue weighted by atomic mass is 35.5. The molecule has 70 valence electrons. The largest absolute Gasteiger partial charge is 0.312 e. The van der Waals surface area contributed by atoms with E-state index in [0.29, 0.717) is 5.54 Å². The maximum Gasteiger partial charge on any atom is 0.00965 e. The molecule has 0 aromatic rings. The van der Waals surface area contributed by atoms with Gasteiger partial charge >= 0.3 is 0 Å². The van der Waals surface area contributed by atoms with Gasteiger partial charge in [0, 0.05) is 5.54 Å². The van der Waals surface area contributed by atoms with E-state index >= 15 is 0 Å². The Hall–Kier alpha value is 0.250. The maximum absolute atomic E-state index is 3.46. The smallest absolute Gasteiger partial charge is 0.00965 e. The molecule has 0 atom stereocenters. The summed E-state index contributed by atoms with van der Waals surface area (Å²) in [6, 6.07) is 0. The molecule has 0 heterocycles. The molecule has 0 bridgehead atoms. The van der Waals surface area contributed by atoms with Crippen LogP contribution in [0.4, 0.5) is 0 Å². The Labute approximate surface area is 77.4 Å². The molecule has 0 fully saturated rings. The highest BCUT2D eigenvalue weighted by Gasteiger charge is 2.06. The van der Waals surface area contributed by atoms with Crippen LogP contribution in [-0.2, 0) is 0 Å². The molecule has 0 aliphatic carbocycles. The fourth-order valence-corrected chi connectivity index (χ4v) is 0.838. The van der Waals surface area contributed by atoms with Crippen molar-refractivity contribution in [3.63, 3.8) is 0 Å². The van der Waals surface area contributed by atoms with E-state index in [0.717, 1.165) is 6.54 Å². The van der Waals surface area contributed by atoms with Crippen LogP contribution in [-0.4, -0.2) is 12.1 Å². The topological polar surface area (TPSA) is 12.0 Å². The first kappa shape index (κ1) is 13.8. The second kappa shape index (κ2) is 6.93. The predicted octanol–water partition coefficient (Wildman–Crippen LogP) is 2.99. The van der Waals surface area contributed by atoms with Crippen LogP contribution in [0.25, 0.3) is 0 Å². The first-order valence-corrected chi connectivity index (χ1v) is 4.31. The van der Waals surface area contributed by atoms with E-state index in [4.69, 9.17) is 0 Å². The van der Waals surface area contributed by atoms with E-state index in [-0.39, 0.29) is 12.4 Å². The number of unbranched alkanes of at least 4 members (excludes halogenated alkanes) is 2. The molecule has 0 rings (SSSR count). The van der Waals surface area contributed by atoms with E-state index in [1.54, 1.807) is 0 Å². The molecule has 0 radical (unpaired) electrons. The molecule has 0 aromatic heterocycles. The first-order valence-electron chi connectivity index (χ1n) is 4.31. The summed E-state index contributed by atoms with van der Waals surface area (Å²) in [5, 5.41) is 3.46. The Balaban J connectivity index is 0. The molecule has 0 saturated heterocycles. The van der Waals surface area contributed by atoms with Crippen LogP contribution in [0, 0.1) is 0 Å². The average molecular weight is 180 g/mol. The van der Waals surface area contributed by atoms with E-state index in [1.807, 2.05) is 0 Å². The van der Waals surface area contributed by atoms with Crippen LogP contribution in [0.15, 0.2) is 0 Å². The lowest BCUT2D eigenvalue weighted by Crippen LogP contribution is -2.36. The second-order valence-electron chi connectivity index (χ2n) is 3.88. The molecule has 0 aromatic carbocycles. The van der Waals surface area contributed by atoms with Crippen molar-refractivity contribution in [2.75, 3.05) is 6.54 Å². The summed E-state index contributed by atoms with van der Waals surface area (Å²) < 4.78 is 0.